The van der Waals surface area contributed by atoms with Crippen LogP contribution in [0.1, 0.15) is 37.6 Å². The lowest BCUT2D eigenvalue weighted by atomic mass is 9.92. The van der Waals surface area contributed by atoms with Crippen LogP contribution >= 0.6 is 11.6 Å². The van der Waals surface area contributed by atoms with Gasteiger partial charge in [0.1, 0.15) is 0 Å². The van der Waals surface area contributed by atoms with Gasteiger partial charge < -0.3 is 10.1 Å². The van der Waals surface area contributed by atoms with Crippen LogP contribution in [-0.2, 0) is 9.53 Å². The molecular formula is C14H18ClNO3. The van der Waals surface area contributed by atoms with E-state index >= 15 is 0 Å². The van der Waals surface area contributed by atoms with Gasteiger partial charge in [0.2, 0.25) is 5.91 Å². The molecule has 0 saturated heterocycles. The fraction of sp³-hybridized carbons (Fsp3) is 0.429. The number of nitrogens with one attached hydrogen (secondary N) is 1. The van der Waals surface area contributed by atoms with Gasteiger partial charge >= 0.3 is 5.97 Å². The molecule has 1 aromatic rings. The molecule has 5 heteroatoms. The molecule has 1 N–H and O–H groups in total. The van der Waals surface area contributed by atoms with Gasteiger partial charge in [0.05, 0.1) is 17.7 Å². The Balaban J connectivity index is 2.86. The number of amides is 1. The van der Waals surface area contributed by atoms with Crippen molar-refractivity contribution in [3.05, 3.63) is 28.8 Å². The molecule has 104 valence electrons. The fourth-order valence-corrected chi connectivity index (χ4v) is 1.75. The van der Waals surface area contributed by atoms with E-state index in [2.05, 4.69) is 10.1 Å². The molecule has 0 aliphatic carbocycles. The largest absolute Gasteiger partial charge is 0.465 e. The predicted molar refractivity (Wildman–Crippen MR) is 75.5 cm³/mol. The molecule has 0 spiro atoms. The Morgan fingerprint density at radius 2 is 1.95 bits per heavy atom. The van der Waals surface area contributed by atoms with Gasteiger partial charge in [-0.1, -0.05) is 32.4 Å². The molecule has 0 unspecified atom stereocenters. The lowest BCUT2D eigenvalue weighted by Crippen LogP contribution is -2.19. The number of anilines is 1. The van der Waals surface area contributed by atoms with Crippen LogP contribution in [0, 0.1) is 5.41 Å². The summed E-state index contributed by atoms with van der Waals surface area (Å²) in [4.78, 5) is 23.3. The first-order chi connectivity index (χ1) is 8.73. The van der Waals surface area contributed by atoms with E-state index in [0.717, 1.165) is 0 Å². The molecule has 0 aliphatic heterocycles. The Kier molecular flexibility index (Phi) is 4.95. The van der Waals surface area contributed by atoms with Crippen molar-refractivity contribution < 1.29 is 14.3 Å². The summed E-state index contributed by atoms with van der Waals surface area (Å²) in [5.74, 6) is -0.637. The zero-order valence-electron chi connectivity index (χ0n) is 11.5. The third-order valence-corrected chi connectivity index (χ3v) is 2.68. The van der Waals surface area contributed by atoms with Crippen molar-refractivity contribution in [3.63, 3.8) is 0 Å². The molecule has 1 rings (SSSR count). The van der Waals surface area contributed by atoms with Gasteiger partial charge in [0, 0.05) is 12.1 Å². The Morgan fingerprint density at radius 1 is 1.32 bits per heavy atom. The summed E-state index contributed by atoms with van der Waals surface area (Å²) < 4.78 is 4.62. The fourth-order valence-electron chi connectivity index (χ4n) is 1.56. The standard InChI is InChI=1S/C14H18ClNO3/c1-14(2,3)8-12(17)16-9-5-6-11(15)10(7-9)13(18)19-4/h5-7H,8H2,1-4H3,(H,16,17). The highest BCUT2D eigenvalue weighted by Gasteiger charge is 2.17. The highest BCUT2D eigenvalue weighted by Crippen LogP contribution is 2.23. The topological polar surface area (TPSA) is 55.4 Å². The maximum absolute atomic E-state index is 11.8. The molecule has 0 heterocycles. The number of carbonyl (C=O) groups is 2. The first-order valence-electron chi connectivity index (χ1n) is 5.90. The number of hydrogen-bond acceptors (Lipinski definition) is 3. The molecule has 0 aromatic heterocycles. The third kappa shape index (κ3) is 4.91. The molecule has 0 bridgehead atoms. The van der Waals surface area contributed by atoms with Crippen molar-refractivity contribution in [3.8, 4) is 0 Å². The van der Waals surface area contributed by atoms with E-state index < -0.39 is 5.97 Å². The zero-order valence-corrected chi connectivity index (χ0v) is 12.3. The molecule has 4 nitrogen and oxygen atoms in total. The summed E-state index contributed by atoms with van der Waals surface area (Å²) in [5, 5.41) is 3.03. The molecule has 1 aromatic carbocycles. The van der Waals surface area contributed by atoms with Crippen molar-refractivity contribution in [2.24, 2.45) is 5.41 Å². The van der Waals surface area contributed by atoms with Crippen LogP contribution in [0.4, 0.5) is 5.69 Å². The van der Waals surface area contributed by atoms with Gasteiger partial charge in [-0.15, -0.1) is 0 Å². The third-order valence-electron chi connectivity index (χ3n) is 2.35. The summed E-state index contributed by atoms with van der Waals surface area (Å²) in [7, 11) is 1.28. The van der Waals surface area contributed by atoms with Crippen molar-refractivity contribution in [1.29, 1.82) is 0 Å². The summed E-state index contributed by atoms with van der Waals surface area (Å²) in [6, 6.07) is 4.71. The number of carbonyl (C=O) groups excluding carboxylic acids is 2. The first-order valence-corrected chi connectivity index (χ1v) is 6.28. The minimum Gasteiger partial charge on any atom is -0.465 e. The highest BCUT2D eigenvalue weighted by atomic mass is 35.5. The quantitative estimate of drug-likeness (QED) is 0.864. The van der Waals surface area contributed by atoms with Crippen molar-refractivity contribution in [2.75, 3.05) is 12.4 Å². The van der Waals surface area contributed by atoms with Crippen LogP contribution in [0.3, 0.4) is 0 Å². The Labute approximate surface area is 118 Å². The van der Waals surface area contributed by atoms with Gasteiger partial charge in [-0.25, -0.2) is 4.79 Å². The second kappa shape index (κ2) is 6.06. The summed E-state index contributed by atoms with van der Waals surface area (Å²) in [6.45, 7) is 5.94. The normalized spacial score (nSPS) is 11.0. The number of hydrogen-bond donors (Lipinski definition) is 1. The summed E-state index contributed by atoms with van der Waals surface area (Å²) in [6.07, 6.45) is 0.392. The van der Waals surface area contributed by atoms with Crippen LogP contribution in [0.25, 0.3) is 0 Å². The molecule has 0 saturated carbocycles. The zero-order chi connectivity index (χ0) is 14.6. The minimum atomic E-state index is -0.531. The van der Waals surface area contributed by atoms with Gasteiger partial charge in [-0.05, 0) is 23.6 Å². The molecule has 0 aliphatic rings. The molecule has 0 atom stereocenters. The van der Waals surface area contributed by atoms with Gasteiger partial charge in [-0.2, -0.15) is 0 Å². The summed E-state index contributed by atoms with van der Waals surface area (Å²) >= 11 is 5.90. The van der Waals surface area contributed by atoms with E-state index in [1.807, 2.05) is 20.8 Å². The smallest absolute Gasteiger partial charge is 0.339 e. The maximum atomic E-state index is 11.8. The number of benzene rings is 1. The Bertz CT molecular complexity index is 492. The predicted octanol–water partition coefficient (Wildman–Crippen LogP) is 3.50. The number of halogens is 1. The van der Waals surface area contributed by atoms with Gasteiger partial charge in [-0.3, -0.25) is 4.79 Å². The minimum absolute atomic E-state index is 0.0955. The second-order valence-corrected chi connectivity index (χ2v) is 5.88. The summed E-state index contributed by atoms with van der Waals surface area (Å²) in [5.41, 5.74) is 0.665. The van der Waals surface area contributed by atoms with E-state index in [9.17, 15) is 9.59 Å². The number of rotatable bonds is 3. The highest BCUT2D eigenvalue weighted by molar-refractivity contribution is 6.33. The molecule has 19 heavy (non-hydrogen) atoms. The lowest BCUT2D eigenvalue weighted by molar-refractivity contribution is -0.117. The lowest BCUT2D eigenvalue weighted by Gasteiger charge is -2.17. The molecule has 0 radical (unpaired) electrons. The van der Waals surface area contributed by atoms with Crippen LogP contribution in [0.2, 0.25) is 5.02 Å². The van der Waals surface area contributed by atoms with E-state index in [-0.39, 0.29) is 16.9 Å². The molecule has 1 amide bonds. The van der Waals surface area contributed by atoms with Crippen molar-refractivity contribution >= 4 is 29.2 Å². The maximum Gasteiger partial charge on any atom is 0.339 e. The van der Waals surface area contributed by atoms with E-state index in [1.54, 1.807) is 12.1 Å². The van der Waals surface area contributed by atoms with Gasteiger partial charge in [0.15, 0.2) is 0 Å². The Morgan fingerprint density at radius 3 is 2.47 bits per heavy atom. The number of methoxy groups -OCH3 is 1. The SMILES string of the molecule is COC(=O)c1cc(NC(=O)CC(C)(C)C)ccc1Cl. The number of ether oxygens (including phenoxy) is 1. The van der Waals surface area contributed by atoms with Crippen molar-refractivity contribution in [1.82, 2.24) is 0 Å². The average molecular weight is 284 g/mol. The second-order valence-electron chi connectivity index (χ2n) is 5.47. The monoisotopic (exact) mass is 283 g/mol. The van der Waals surface area contributed by atoms with E-state index in [4.69, 9.17) is 11.6 Å². The van der Waals surface area contributed by atoms with E-state index in [1.165, 1.54) is 13.2 Å². The van der Waals surface area contributed by atoms with Crippen LogP contribution in [0.5, 0.6) is 0 Å². The van der Waals surface area contributed by atoms with Crippen molar-refractivity contribution in [2.45, 2.75) is 27.2 Å². The molecular weight excluding hydrogens is 266 g/mol. The molecule has 0 fully saturated rings. The number of esters is 1. The average Bonchev–Trinajstić information content (AvgIpc) is 2.28. The van der Waals surface area contributed by atoms with Crippen LogP contribution in [0.15, 0.2) is 18.2 Å². The Hall–Kier alpha value is -1.55. The van der Waals surface area contributed by atoms with Crippen LogP contribution in [-0.4, -0.2) is 19.0 Å². The van der Waals surface area contributed by atoms with E-state index in [0.29, 0.717) is 17.1 Å². The first kappa shape index (κ1) is 15.5. The van der Waals surface area contributed by atoms with Crippen LogP contribution < -0.4 is 5.32 Å². The van der Waals surface area contributed by atoms with Gasteiger partial charge in [0.25, 0.3) is 0 Å².